The number of hydrogen-bond donors (Lipinski definition) is 0. The molecule has 0 aliphatic rings. The van der Waals surface area contributed by atoms with Gasteiger partial charge in [0.05, 0.1) is 18.2 Å². The smallest absolute Gasteiger partial charge is 0.0918 e. The molecule has 86 valence electrons. The molecule has 0 N–H and O–H groups in total. The number of carbonyl (C=O) groups excluding carboxylic acids is 1. The quantitative estimate of drug-likeness (QED) is 0.589. The Morgan fingerprint density at radius 3 is 2.88 bits per heavy atom. The van der Waals surface area contributed by atoms with Crippen LogP contribution >= 0.6 is 11.6 Å². The second-order valence-corrected chi connectivity index (χ2v) is 3.74. The highest BCUT2D eigenvalue weighted by molar-refractivity contribution is 6.30. The molecule has 0 heterocycles. The maximum Gasteiger partial charge on any atom is 0.0918 e. The summed E-state index contributed by atoms with van der Waals surface area (Å²) >= 11 is 5.80. The molecule has 0 radical (unpaired) electrons. The number of aliphatic carboxylic acids is 1. The standard InChI is InChI=1S/C10H12ClN3O2/c1-7-3-4-8(11)5-9(7)12-13-14(2)6-10(15)16/h3-5H,6H2,1-2H3,(H,15,16)/p-1. The Morgan fingerprint density at radius 2 is 2.25 bits per heavy atom. The SMILES string of the molecule is Cc1ccc(Cl)cc1N=NN(C)CC(=O)[O-]. The van der Waals surface area contributed by atoms with E-state index in [1.165, 1.54) is 12.1 Å². The van der Waals surface area contributed by atoms with Crippen LogP contribution in [0, 0.1) is 6.92 Å². The lowest BCUT2D eigenvalue weighted by atomic mass is 10.2. The van der Waals surface area contributed by atoms with Gasteiger partial charge in [0.15, 0.2) is 0 Å². The van der Waals surface area contributed by atoms with E-state index in [0.717, 1.165) is 5.56 Å². The van der Waals surface area contributed by atoms with Crippen LogP contribution in [0.5, 0.6) is 0 Å². The van der Waals surface area contributed by atoms with Crippen LogP contribution < -0.4 is 5.11 Å². The summed E-state index contributed by atoms with van der Waals surface area (Å²) in [6.07, 6.45) is 0. The number of likely N-dealkylation sites (N-methyl/N-ethyl adjacent to an activating group) is 1. The molecule has 1 aromatic rings. The Labute approximate surface area is 98.3 Å². The Kier molecular flexibility index (Phi) is 4.25. The van der Waals surface area contributed by atoms with Crippen LogP contribution in [0.15, 0.2) is 28.5 Å². The maximum absolute atomic E-state index is 10.3. The monoisotopic (exact) mass is 240 g/mol. The predicted molar refractivity (Wildman–Crippen MR) is 58.3 cm³/mol. The molecule has 0 fully saturated rings. The summed E-state index contributed by atoms with van der Waals surface area (Å²) in [7, 11) is 1.50. The third kappa shape index (κ3) is 3.86. The van der Waals surface area contributed by atoms with Crippen LogP contribution in [0.1, 0.15) is 5.56 Å². The van der Waals surface area contributed by atoms with Crippen LogP contribution in [0.25, 0.3) is 0 Å². The molecule has 0 bridgehead atoms. The Balaban J connectivity index is 2.75. The number of nitrogens with zero attached hydrogens (tertiary/aromatic N) is 3. The first-order valence-electron chi connectivity index (χ1n) is 4.58. The highest BCUT2D eigenvalue weighted by Gasteiger charge is 1.98. The molecular weight excluding hydrogens is 230 g/mol. The summed E-state index contributed by atoms with van der Waals surface area (Å²) in [6, 6.07) is 5.23. The van der Waals surface area contributed by atoms with Gasteiger partial charge in [0.25, 0.3) is 0 Å². The van der Waals surface area contributed by atoms with Crippen molar-refractivity contribution in [2.24, 2.45) is 10.3 Å². The van der Waals surface area contributed by atoms with Gasteiger partial charge in [0.2, 0.25) is 0 Å². The van der Waals surface area contributed by atoms with Gasteiger partial charge in [-0.25, -0.2) is 0 Å². The molecule has 0 atom stereocenters. The summed E-state index contributed by atoms with van der Waals surface area (Å²) in [4.78, 5) is 10.3. The summed E-state index contributed by atoms with van der Waals surface area (Å²) in [6.45, 7) is 1.56. The van der Waals surface area contributed by atoms with Crippen molar-refractivity contribution in [3.05, 3.63) is 28.8 Å². The molecule has 0 spiro atoms. The second-order valence-electron chi connectivity index (χ2n) is 3.31. The lowest BCUT2D eigenvalue weighted by molar-refractivity contribution is -0.306. The van der Waals surface area contributed by atoms with Gasteiger partial charge in [0.1, 0.15) is 0 Å². The molecule has 5 nitrogen and oxygen atoms in total. The largest absolute Gasteiger partial charge is 0.548 e. The van der Waals surface area contributed by atoms with E-state index in [1.807, 2.05) is 13.0 Å². The van der Waals surface area contributed by atoms with E-state index < -0.39 is 5.97 Å². The molecular formula is C10H11ClN3O2-. The number of halogens is 1. The average Bonchev–Trinajstić information content (AvgIpc) is 2.18. The topological polar surface area (TPSA) is 68.1 Å². The van der Waals surface area contributed by atoms with Crippen LogP contribution in [0.4, 0.5) is 5.69 Å². The zero-order valence-electron chi connectivity index (χ0n) is 8.98. The summed E-state index contributed by atoms with van der Waals surface area (Å²) in [5.74, 6) is -1.20. The Morgan fingerprint density at radius 1 is 1.56 bits per heavy atom. The van der Waals surface area contributed by atoms with Crippen molar-refractivity contribution in [2.45, 2.75) is 6.92 Å². The normalized spacial score (nSPS) is 10.7. The van der Waals surface area contributed by atoms with Crippen molar-refractivity contribution < 1.29 is 9.90 Å². The van der Waals surface area contributed by atoms with E-state index >= 15 is 0 Å². The van der Waals surface area contributed by atoms with Gasteiger partial charge in [-0.1, -0.05) is 22.9 Å². The van der Waals surface area contributed by atoms with E-state index in [2.05, 4.69) is 10.3 Å². The van der Waals surface area contributed by atoms with E-state index in [4.69, 9.17) is 11.6 Å². The minimum atomic E-state index is -1.20. The van der Waals surface area contributed by atoms with Crippen molar-refractivity contribution in [3.63, 3.8) is 0 Å². The summed E-state index contributed by atoms with van der Waals surface area (Å²) in [5.41, 5.74) is 1.52. The molecule has 6 heteroatoms. The zero-order chi connectivity index (χ0) is 12.1. The van der Waals surface area contributed by atoms with Crippen LogP contribution in [-0.2, 0) is 4.79 Å². The molecule has 0 aromatic heterocycles. The van der Waals surface area contributed by atoms with E-state index in [-0.39, 0.29) is 6.54 Å². The fourth-order valence-corrected chi connectivity index (χ4v) is 1.20. The first kappa shape index (κ1) is 12.4. The molecule has 1 rings (SSSR count). The van der Waals surface area contributed by atoms with Gasteiger partial charge in [-0.05, 0) is 24.6 Å². The molecule has 0 aliphatic carbocycles. The van der Waals surface area contributed by atoms with E-state index in [1.54, 1.807) is 12.1 Å². The fraction of sp³-hybridized carbons (Fsp3) is 0.300. The Bertz CT molecular complexity index is 421. The summed E-state index contributed by atoms with van der Waals surface area (Å²) in [5, 5.41) is 19.6. The minimum Gasteiger partial charge on any atom is -0.548 e. The number of benzene rings is 1. The van der Waals surface area contributed by atoms with Gasteiger partial charge >= 0.3 is 0 Å². The molecule has 0 saturated heterocycles. The van der Waals surface area contributed by atoms with Crippen LogP contribution in [0.3, 0.4) is 0 Å². The third-order valence-corrected chi connectivity index (χ3v) is 2.07. The van der Waals surface area contributed by atoms with Crippen molar-refractivity contribution in [2.75, 3.05) is 13.6 Å². The van der Waals surface area contributed by atoms with Gasteiger partial charge in [-0.2, -0.15) is 0 Å². The highest BCUT2D eigenvalue weighted by atomic mass is 35.5. The van der Waals surface area contributed by atoms with Crippen molar-refractivity contribution in [1.29, 1.82) is 0 Å². The number of aryl methyl sites for hydroxylation is 1. The molecule has 0 saturated carbocycles. The van der Waals surface area contributed by atoms with Crippen molar-refractivity contribution >= 4 is 23.3 Å². The Hall–Kier alpha value is -1.62. The number of carbonyl (C=O) groups is 1. The van der Waals surface area contributed by atoms with Crippen LogP contribution in [0.2, 0.25) is 5.02 Å². The van der Waals surface area contributed by atoms with E-state index in [0.29, 0.717) is 10.7 Å². The predicted octanol–water partition coefficient (Wildman–Crippen LogP) is 1.33. The maximum atomic E-state index is 10.3. The molecule has 0 aliphatic heterocycles. The first-order valence-corrected chi connectivity index (χ1v) is 4.95. The number of carboxylic acids is 1. The highest BCUT2D eigenvalue weighted by Crippen LogP contribution is 2.23. The molecule has 0 unspecified atom stereocenters. The lowest BCUT2D eigenvalue weighted by Crippen LogP contribution is -2.33. The van der Waals surface area contributed by atoms with Gasteiger partial charge in [-0.15, -0.1) is 5.11 Å². The number of hydrogen-bond acceptors (Lipinski definition) is 4. The first-order chi connectivity index (χ1) is 7.49. The van der Waals surface area contributed by atoms with Gasteiger partial charge in [-0.3, -0.25) is 5.01 Å². The molecule has 16 heavy (non-hydrogen) atoms. The second kappa shape index (κ2) is 5.46. The lowest BCUT2D eigenvalue weighted by Gasteiger charge is -2.11. The third-order valence-electron chi connectivity index (χ3n) is 1.83. The van der Waals surface area contributed by atoms with Crippen LogP contribution in [-0.4, -0.2) is 24.6 Å². The number of carboxylic acid groups (broad SMARTS) is 1. The number of rotatable bonds is 4. The zero-order valence-corrected chi connectivity index (χ0v) is 9.73. The summed E-state index contributed by atoms with van der Waals surface area (Å²) < 4.78 is 0. The molecule has 1 aromatic carbocycles. The van der Waals surface area contributed by atoms with Crippen molar-refractivity contribution in [1.82, 2.24) is 5.01 Å². The van der Waals surface area contributed by atoms with Crippen molar-refractivity contribution in [3.8, 4) is 0 Å². The van der Waals surface area contributed by atoms with Gasteiger partial charge < -0.3 is 9.90 Å². The molecule has 0 amide bonds. The van der Waals surface area contributed by atoms with Gasteiger partial charge in [0, 0.05) is 12.1 Å². The average molecular weight is 241 g/mol. The fourth-order valence-electron chi connectivity index (χ4n) is 1.03. The minimum absolute atomic E-state index is 0.302. The van der Waals surface area contributed by atoms with E-state index in [9.17, 15) is 9.90 Å².